The lowest BCUT2D eigenvalue weighted by Crippen LogP contribution is -2.33. The van der Waals surface area contributed by atoms with E-state index in [9.17, 15) is 4.79 Å². The van der Waals surface area contributed by atoms with Gasteiger partial charge < -0.3 is 4.90 Å². The Kier molecular flexibility index (Phi) is 4.04. The number of alkyl halides is 1. The van der Waals surface area contributed by atoms with Gasteiger partial charge >= 0.3 is 0 Å². The van der Waals surface area contributed by atoms with Crippen molar-refractivity contribution in [2.75, 3.05) is 13.1 Å². The van der Waals surface area contributed by atoms with Crippen molar-refractivity contribution >= 4 is 17.5 Å². The Labute approximate surface area is 85.2 Å². The normalized spacial score (nSPS) is 24.8. The van der Waals surface area contributed by atoms with Crippen LogP contribution in [0.25, 0.3) is 0 Å². The molecule has 2 atom stereocenters. The van der Waals surface area contributed by atoms with E-state index in [4.69, 9.17) is 11.6 Å². The highest BCUT2D eigenvalue weighted by atomic mass is 35.5. The molecule has 0 saturated carbocycles. The molecule has 1 heterocycles. The zero-order valence-corrected chi connectivity index (χ0v) is 9.18. The quantitative estimate of drug-likeness (QED) is 0.645. The van der Waals surface area contributed by atoms with Gasteiger partial charge in [0, 0.05) is 19.0 Å². The van der Waals surface area contributed by atoms with Crippen LogP contribution >= 0.6 is 11.6 Å². The summed E-state index contributed by atoms with van der Waals surface area (Å²) in [5.41, 5.74) is 0. The van der Waals surface area contributed by atoms with E-state index < -0.39 is 0 Å². The number of nitrogens with zero attached hydrogens (tertiary/aromatic N) is 1. The molecule has 1 amide bonds. The van der Waals surface area contributed by atoms with Crippen LogP contribution in [-0.2, 0) is 4.79 Å². The number of rotatable bonds is 3. The highest BCUT2D eigenvalue weighted by Gasteiger charge is 2.27. The van der Waals surface area contributed by atoms with Crippen LogP contribution in [0.5, 0.6) is 0 Å². The molecule has 1 rings (SSSR count). The predicted octanol–water partition coefficient (Wildman–Crippen LogP) is 2.26. The number of carbonyl (C=O) groups is 1. The number of carbonyl (C=O) groups excluding carboxylic acids is 1. The number of amides is 1. The van der Waals surface area contributed by atoms with Crippen molar-refractivity contribution in [1.29, 1.82) is 0 Å². The lowest BCUT2D eigenvalue weighted by atomic mass is 10.1. The summed E-state index contributed by atoms with van der Waals surface area (Å²) in [4.78, 5) is 13.6. The molecule has 2 unspecified atom stereocenters. The average Bonchev–Trinajstić information content (AvgIpc) is 2.51. The fraction of sp³-hybridized carbons (Fsp3) is 0.900. The van der Waals surface area contributed by atoms with Crippen LogP contribution in [0.4, 0.5) is 0 Å². The molecule has 0 aromatic rings. The molecular formula is C10H18ClNO. The van der Waals surface area contributed by atoms with E-state index in [0.29, 0.717) is 0 Å². The monoisotopic (exact) mass is 203 g/mol. The van der Waals surface area contributed by atoms with Crippen LogP contribution in [-0.4, -0.2) is 29.3 Å². The van der Waals surface area contributed by atoms with Gasteiger partial charge in [-0.25, -0.2) is 0 Å². The fourth-order valence-corrected chi connectivity index (χ4v) is 2.05. The Hall–Kier alpha value is -0.240. The first-order valence-electron chi connectivity index (χ1n) is 5.08. The van der Waals surface area contributed by atoms with Gasteiger partial charge in [-0.2, -0.15) is 0 Å². The van der Waals surface area contributed by atoms with Crippen LogP contribution < -0.4 is 0 Å². The summed E-state index contributed by atoms with van der Waals surface area (Å²) in [6.07, 6.45) is 3.01. The molecule has 76 valence electrons. The van der Waals surface area contributed by atoms with E-state index in [2.05, 4.69) is 6.92 Å². The lowest BCUT2D eigenvalue weighted by molar-refractivity contribution is -0.134. The van der Waals surface area contributed by atoms with Crippen molar-refractivity contribution in [1.82, 2.24) is 4.90 Å². The number of hydrogen-bond acceptors (Lipinski definition) is 1. The van der Waals surface area contributed by atoms with Crippen molar-refractivity contribution < 1.29 is 4.79 Å². The zero-order chi connectivity index (χ0) is 9.84. The van der Waals surface area contributed by atoms with Gasteiger partial charge in [0.1, 0.15) is 0 Å². The number of halogens is 1. The van der Waals surface area contributed by atoms with E-state index >= 15 is 0 Å². The first-order valence-corrected chi connectivity index (χ1v) is 5.51. The average molecular weight is 204 g/mol. The molecule has 0 bridgehead atoms. The van der Waals surface area contributed by atoms with E-state index in [-0.39, 0.29) is 17.2 Å². The Morgan fingerprint density at radius 1 is 1.69 bits per heavy atom. The minimum Gasteiger partial charge on any atom is -0.341 e. The smallest absolute Gasteiger partial charge is 0.225 e. The van der Waals surface area contributed by atoms with E-state index in [1.807, 2.05) is 11.8 Å². The zero-order valence-electron chi connectivity index (χ0n) is 8.42. The molecule has 1 fully saturated rings. The summed E-state index contributed by atoms with van der Waals surface area (Å²) in [5, 5.41) is 0.178. The molecule has 0 aromatic carbocycles. The van der Waals surface area contributed by atoms with Gasteiger partial charge in [-0.05, 0) is 12.8 Å². The van der Waals surface area contributed by atoms with Gasteiger partial charge in [0.2, 0.25) is 5.91 Å². The van der Waals surface area contributed by atoms with Gasteiger partial charge in [-0.3, -0.25) is 4.79 Å². The summed E-state index contributed by atoms with van der Waals surface area (Å²) in [5.74, 6) is 0.456. The summed E-state index contributed by atoms with van der Waals surface area (Å²) < 4.78 is 0. The van der Waals surface area contributed by atoms with Crippen LogP contribution in [0.15, 0.2) is 0 Å². The first-order chi connectivity index (χ1) is 6.15. The molecule has 0 aliphatic carbocycles. The molecule has 1 aliphatic rings. The van der Waals surface area contributed by atoms with Crippen LogP contribution in [0, 0.1) is 5.92 Å². The molecule has 1 aliphatic heterocycles. The predicted molar refractivity (Wildman–Crippen MR) is 54.9 cm³/mol. The van der Waals surface area contributed by atoms with Crippen molar-refractivity contribution in [3.05, 3.63) is 0 Å². The fourth-order valence-electron chi connectivity index (χ4n) is 1.79. The number of hydrogen-bond donors (Lipinski definition) is 0. The Morgan fingerprint density at radius 3 is 2.85 bits per heavy atom. The summed E-state index contributed by atoms with van der Waals surface area (Å²) in [6, 6.07) is 0. The lowest BCUT2D eigenvalue weighted by Gasteiger charge is -2.19. The van der Waals surface area contributed by atoms with Crippen LogP contribution in [0.1, 0.15) is 33.1 Å². The molecule has 0 aromatic heterocycles. The SMILES string of the molecule is CCCC(C)C(=O)N1CCC(Cl)C1. The van der Waals surface area contributed by atoms with Gasteiger partial charge in [0.05, 0.1) is 5.38 Å². The second-order valence-corrected chi connectivity index (χ2v) is 4.48. The molecule has 13 heavy (non-hydrogen) atoms. The molecule has 1 saturated heterocycles. The van der Waals surface area contributed by atoms with Gasteiger partial charge in [-0.1, -0.05) is 20.3 Å². The number of likely N-dealkylation sites (tertiary alicyclic amines) is 1. The van der Waals surface area contributed by atoms with E-state index in [1.165, 1.54) is 0 Å². The highest BCUT2D eigenvalue weighted by molar-refractivity contribution is 6.21. The van der Waals surface area contributed by atoms with E-state index in [0.717, 1.165) is 32.4 Å². The Bertz CT molecular complexity index is 184. The van der Waals surface area contributed by atoms with Gasteiger partial charge in [-0.15, -0.1) is 11.6 Å². The summed E-state index contributed by atoms with van der Waals surface area (Å²) >= 11 is 5.94. The third kappa shape index (κ3) is 2.87. The van der Waals surface area contributed by atoms with Gasteiger partial charge in [0.15, 0.2) is 0 Å². The van der Waals surface area contributed by atoms with Crippen molar-refractivity contribution in [3.8, 4) is 0 Å². The van der Waals surface area contributed by atoms with E-state index in [1.54, 1.807) is 0 Å². The second-order valence-electron chi connectivity index (χ2n) is 3.86. The van der Waals surface area contributed by atoms with Crippen LogP contribution in [0.2, 0.25) is 0 Å². The van der Waals surface area contributed by atoms with Gasteiger partial charge in [0.25, 0.3) is 0 Å². The van der Waals surface area contributed by atoms with Crippen molar-refractivity contribution in [3.63, 3.8) is 0 Å². The minimum absolute atomic E-state index is 0.173. The molecule has 0 spiro atoms. The Balaban J connectivity index is 2.38. The minimum atomic E-state index is 0.173. The first kappa shape index (κ1) is 10.8. The van der Waals surface area contributed by atoms with Crippen molar-refractivity contribution in [2.45, 2.75) is 38.5 Å². The summed E-state index contributed by atoms with van der Waals surface area (Å²) in [7, 11) is 0. The third-order valence-electron chi connectivity index (χ3n) is 2.59. The molecule has 3 heteroatoms. The highest BCUT2D eigenvalue weighted by Crippen LogP contribution is 2.18. The summed E-state index contributed by atoms with van der Waals surface area (Å²) in [6.45, 7) is 5.71. The third-order valence-corrected chi connectivity index (χ3v) is 2.94. The largest absolute Gasteiger partial charge is 0.341 e. The molecule has 0 radical (unpaired) electrons. The molecular weight excluding hydrogens is 186 g/mol. The Morgan fingerprint density at radius 2 is 2.38 bits per heavy atom. The topological polar surface area (TPSA) is 20.3 Å². The maximum absolute atomic E-state index is 11.7. The van der Waals surface area contributed by atoms with Crippen molar-refractivity contribution in [2.24, 2.45) is 5.92 Å². The molecule has 2 nitrogen and oxygen atoms in total. The maximum atomic E-state index is 11.7. The standard InChI is InChI=1S/C10H18ClNO/c1-3-4-8(2)10(13)12-6-5-9(11)7-12/h8-9H,3-7H2,1-2H3. The molecule has 0 N–H and O–H groups in total. The second kappa shape index (κ2) is 4.85. The van der Waals surface area contributed by atoms with Crippen LogP contribution in [0.3, 0.4) is 0 Å². The maximum Gasteiger partial charge on any atom is 0.225 e.